The molecule has 0 spiro atoms. The number of nitrogens with zero attached hydrogens (tertiary/aromatic N) is 3. The molecule has 0 amide bonds. The molecule has 0 aliphatic carbocycles. The Kier molecular flexibility index (Phi) is 3.07. The highest BCUT2D eigenvalue weighted by atomic mass is 19.4. The molecule has 0 bridgehead atoms. The summed E-state index contributed by atoms with van der Waals surface area (Å²) in [5, 5.41) is 21.9. The first-order valence-electron chi connectivity index (χ1n) is 4.18. The monoisotopic (exact) mass is 253 g/mol. The quantitative estimate of drug-likeness (QED) is 0.649. The third-order valence-electron chi connectivity index (χ3n) is 1.92. The van der Waals surface area contributed by atoms with Gasteiger partial charge in [-0.1, -0.05) is 0 Å². The molecule has 17 heavy (non-hydrogen) atoms. The van der Waals surface area contributed by atoms with Crippen LogP contribution >= 0.6 is 0 Å². The van der Waals surface area contributed by atoms with Gasteiger partial charge in [-0.15, -0.1) is 0 Å². The fraction of sp³-hybridized carbons (Fsp3) is 0.429. The fourth-order valence-electron chi connectivity index (χ4n) is 1.08. The lowest BCUT2D eigenvalue weighted by Gasteiger charge is -2.09. The zero-order chi connectivity index (χ0) is 13.4. The Labute approximate surface area is 91.6 Å². The van der Waals surface area contributed by atoms with E-state index in [1.54, 1.807) is 0 Å². The van der Waals surface area contributed by atoms with Crippen LogP contribution in [0.3, 0.4) is 0 Å². The molecule has 1 aromatic heterocycles. The molecule has 1 heterocycles. The smallest absolute Gasteiger partial charge is 0.435 e. The Morgan fingerprint density at radius 3 is 2.53 bits per heavy atom. The number of carboxylic acid groups (broad SMARTS) is 1. The van der Waals surface area contributed by atoms with Gasteiger partial charge in [0.15, 0.2) is 11.7 Å². The molecule has 0 radical (unpaired) electrons. The van der Waals surface area contributed by atoms with Crippen LogP contribution in [0.5, 0.6) is 0 Å². The van der Waals surface area contributed by atoms with Crippen LogP contribution in [0.1, 0.15) is 18.7 Å². The molecular formula is C7H6F3N3O4. The minimum atomic E-state index is -4.91. The third-order valence-corrected chi connectivity index (χ3v) is 1.92. The van der Waals surface area contributed by atoms with Gasteiger partial charge in [0.05, 0.1) is 11.2 Å². The van der Waals surface area contributed by atoms with E-state index in [0.717, 1.165) is 6.92 Å². The van der Waals surface area contributed by atoms with Gasteiger partial charge in [-0.05, 0) is 11.8 Å². The van der Waals surface area contributed by atoms with Crippen LogP contribution in [0, 0.1) is 10.1 Å². The van der Waals surface area contributed by atoms with Crippen LogP contribution in [0.25, 0.3) is 0 Å². The number of aromatic nitrogens is 2. The Morgan fingerprint density at radius 2 is 2.18 bits per heavy atom. The lowest BCUT2D eigenvalue weighted by molar-refractivity contribution is -0.389. The minimum Gasteiger partial charge on any atom is -0.480 e. The summed E-state index contributed by atoms with van der Waals surface area (Å²) in [4.78, 5) is 19.7. The van der Waals surface area contributed by atoms with Crippen LogP contribution in [0.4, 0.5) is 19.0 Å². The van der Waals surface area contributed by atoms with Crippen molar-refractivity contribution in [1.82, 2.24) is 9.78 Å². The van der Waals surface area contributed by atoms with Gasteiger partial charge in [-0.3, -0.25) is 0 Å². The number of carbonyl (C=O) groups is 1. The molecule has 0 fully saturated rings. The van der Waals surface area contributed by atoms with Crippen molar-refractivity contribution in [2.24, 2.45) is 0 Å². The Balaban J connectivity index is 3.36. The van der Waals surface area contributed by atoms with Gasteiger partial charge in [-0.2, -0.15) is 17.9 Å². The molecule has 1 aromatic rings. The van der Waals surface area contributed by atoms with E-state index < -0.39 is 34.6 Å². The summed E-state index contributed by atoms with van der Waals surface area (Å²) in [6.45, 7) is 0.939. The third kappa shape index (κ3) is 2.52. The molecule has 10 heteroatoms. The zero-order valence-corrected chi connectivity index (χ0v) is 8.30. The number of rotatable bonds is 3. The summed E-state index contributed by atoms with van der Waals surface area (Å²) in [5.41, 5.74) is -1.47. The number of hydrogen-bond acceptors (Lipinski definition) is 4. The Morgan fingerprint density at radius 1 is 1.65 bits per heavy atom. The van der Waals surface area contributed by atoms with Crippen molar-refractivity contribution in [3.05, 3.63) is 21.9 Å². The molecule has 0 saturated heterocycles. The molecule has 0 aromatic carbocycles. The van der Waals surface area contributed by atoms with Crippen LogP contribution < -0.4 is 0 Å². The van der Waals surface area contributed by atoms with Gasteiger partial charge in [0.2, 0.25) is 0 Å². The standard InChI is InChI=1S/C7H6F3N3O4/c1-3(6(14)15)12-4(7(8,9)10)2-5(11-12)13(16)17/h2-3H,1H3,(H,14,15). The van der Waals surface area contributed by atoms with Gasteiger partial charge in [-0.25, -0.2) is 4.79 Å². The number of aliphatic carboxylic acids is 1. The van der Waals surface area contributed by atoms with E-state index in [1.165, 1.54) is 0 Å². The molecule has 1 unspecified atom stereocenters. The first-order chi connectivity index (χ1) is 7.64. The number of halogens is 3. The van der Waals surface area contributed by atoms with Crippen molar-refractivity contribution in [1.29, 1.82) is 0 Å². The maximum atomic E-state index is 12.5. The summed E-state index contributed by atoms with van der Waals surface area (Å²) in [5.74, 6) is -2.63. The van der Waals surface area contributed by atoms with Gasteiger partial charge in [0.25, 0.3) is 0 Å². The van der Waals surface area contributed by atoms with Crippen molar-refractivity contribution in [2.75, 3.05) is 0 Å². The van der Waals surface area contributed by atoms with Crippen molar-refractivity contribution < 1.29 is 28.0 Å². The topological polar surface area (TPSA) is 98.3 Å². The predicted octanol–water partition coefficient (Wildman–Crippen LogP) is 1.46. The fourth-order valence-corrected chi connectivity index (χ4v) is 1.08. The zero-order valence-electron chi connectivity index (χ0n) is 8.30. The second-order valence-corrected chi connectivity index (χ2v) is 3.10. The lowest BCUT2D eigenvalue weighted by Crippen LogP contribution is -2.23. The maximum absolute atomic E-state index is 12.5. The average molecular weight is 253 g/mol. The van der Waals surface area contributed by atoms with Crippen LogP contribution in [0.15, 0.2) is 6.07 Å². The summed E-state index contributed by atoms with van der Waals surface area (Å²) in [7, 11) is 0. The molecule has 94 valence electrons. The highest BCUT2D eigenvalue weighted by molar-refractivity contribution is 5.71. The van der Waals surface area contributed by atoms with Gasteiger partial charge in [0.1, 0.15) is 0 Å². The largest absolute Gasteiger partial charge is 0.480 e. The summed E-state index contributed by atoms with van der Waals surface area (Å²) in [6.07, 6.45) is -4.91. The molecular weight excluding hydrogens is 247 g/mol. The van der Waals surface area contributed by atoms with E-state index in [2.05, 4.69) is 5.10 Å². The molecule has 0 aliphatic rings. The van der Waals surface area contributed by atoms with Crippen molar-refractivity contribution >= 4 is 11.8 Å². The normalized spacial score (nSPS) is 13.4. The van der Waals surface area contributed by atoms with Gasteiger partial charge in [0, 0.05) is 0 Å². The molecule has 0 aliphatic heterocycles. The number of alkyl halides is 3. The van der Waals surface area contributed by atoms with Crippen LogP contribution in [-0.2, 0) is 11.0 Å². The van der Waals surface area contributed by atoms with Crippen LogP contribution in [-0.4, -0.2) is 25.8 Å². The summed E-state index contributed by atoms with van der Waals surface area (Å²) < 4.78 is 37.5. The molecule has 1 N–H and O–H groups in total. The van der Waals surface area contributed by atoms with Gasteiger partial charge >= 0.3 is 18.0 Å². The highest BCUT2D eigenvalue weighted by Crippen LogP contribution is 2.33. The first-order valence-corrected chi connectivity index (χ1v) is 4.18. The van der Waals surface area contributed by atoms with Crippen molar-refractivity contribution in [2.45, 2.75) is 19.1 Å². The molecule has 0 saturated carbocycles. The predicted molar refractivity (Wildman–Crippen MR) is 46.2 cm³/mol. The van der Waals surface area contributed by atoms with E-state index in [9.17, 15) is 28.1 Å². The second kappa shape index (κ2) is 4.03. The van der Waals surface area contributed by atoms with E-state index in [1.807, 2.05) is 0 Å². The molecule has 7 nitrogen and oxygen atoms in total. The molecule has 1 rings (SSSR count). The second-order valence-electron chi connectivity index (χ2n) is 3.10. The summed E-state index contributed by atoms with van der Waals surface area (Å²) in [6, 6.07) is -1.46. The average Bonchev–Trinajstić information content (AvgIpc) is 2.59. The Hall–Kier alpha value is -2.13. The SMILES string of the molecule is CC(C(=O)O)n1nc([N+](=O)[O-])cc1C(F)(F)F. The summed E-state index contributed by atoms with van der Waals surface area (Å²) >= 11 is 0. The van der Waals surface area contributed by atoms with Crippen LogP contribution in [0.2, 0.25) is 0 Å². The number of nitro groups is 1. The highest BCUT2D eigenvalue weighted by Gasteiger charge is 2.41. The van der Waals surface area contributed by atoms with E-state index >= 15 is 0 Å². The van der Waals surface area contributed by atoms with Crippen molar-refractivity contribution in [3.63, 3.8) is 0 Å². The van der Waals surface area contributed by atoms with E-state index in [0.29, 0.717) is 0 Å². The number of hydrogen-bond donors (Lipinski definition) is 1. The Bertz CT molecular complexity index is 467. The van der Waals surface area contributed by atoms with E-state index in [-0.39, 0.29) is 10.7 Å². The van der Waals surface area contributed by atoms with E-state index in [4.69, 9.17) is 5.11 Å². The lowest BCUT2D eigenvalue weighted by atomic mass is 10.3. The van der Waals surface area contributed by atoms with Crippen molar-refractivity contribution in [3.8, 4) is 0 Å². The molecule has 1 atom stereocenters. The number of carboxylic acids is 1. The minimum absolute atomic E-state index is 0.0699. The van der Waals surface area contributed by atoms with Gasteiger partial charge < -0.3 is 15.2 Å². The first kappa shape index (κ1) is 12.9. The maximum Gasteiger partial charge on any atom is 0.435 e.